The molecule has 0 spiro atoms. The third kappa shape index (κ3) is 3.31. The molecule has 5 heteroatoms. The number of fused-ring (bicyclic) bond motifs is 2. The largest absolute Gasteiger partial charge is 0.364 e. The monoisotopic (exact) mass is 322 g/mol. The number of piperazine rings is 1. The SMILES string of the molecule is CC(C)N1CC2CC(CC(C)N3CCN4COCC4C3)NC2C1. The number of nitrogens with one attached hydrogen (secondary N) is 1. The minimum absolute atomic E-state index is 0.640. The topological polar surface area (TPSA) is 31.0 Å². The molecule has 0 bridgehead atoms. The fourth-order valence-corrected chi connectivity index (χ4v) is 5.17. The Hall–Kier alpha value is -0.200. The zero-order valence-corrected chi connectivity index (χ0v) is 15.1. The van der Waals surface area contributed by atoms with Gasteiger partial charge in [-0.2, -0.15) is 0 Å². The van der Waals surface area contributed by atoms with E-state index in [4.69, 9.17) is 4.74 Å². The van der Waals surface area contributed by atoms with Crippen LogP contribution < -0.4 is 5.32 Å². The Morgan fingerprint density at radius 3 is 2.74 bits per heavy atom. The molecule has 0 aromatic rings. The Morgan fingerprint density at radius 2 is 1.96 bits per heavy atom. The maximum Gasteiger partial charge on any atom is 0.0995 e. The van der Waals surface area contributed by atoms with Crippen molar-refractivity contribution in [2.45, 2.75) is 63.8 Å². The highest BCUT2D eigenvalue weighted by Gasteiger charge is 2.42. The lowest BCUT2D eigenvalue weighted by molar-refractivity contribution is 0.0656. The molecule has 5 nitrogen and oxygen atoms in total. The first-order chi connectivity index (χ1) is 11.1. The Labute approximate surface area is 141 Å². The summed E-state index contributed by atoms with van der Waals surface area (Å²) >= 11 is 0. The van der Waals surface area contributed by atoms with Gasteiger partial charge in [-0.3, -0.25) is 14.7 Å². The van der Waals surface area contributed by atoms with Crippen LogP contribution in [-0.2, 0) is 4.74 Å². The lowest BCUT2D eigenvalue weighted by Crippen LogP contribution is -2.54. The summed E-state index contributed by atoms with van der Waals surface area (Å²) in [6.45, 7) is 15.0. The second kappa shape index (κ2) is 6.60. The first-order valence-corrected chi connectivity index (χ1v) is 9.66. The standard InChI is InChI=1S/C18H34N4O/c1-13(2)22-8-15-7-16(19-18(15)10-22)6-14(3)20-4-5-21-12-23-11-17(21)9-20/h13-19H,4-12H2,1-3H3. The molecular formula is C18H34N4O. The van der Waals surface area contributed by atoms with E-state index in [2.05, 4.69) is 40.8 Å². The third-order valence-electron chi connectivity index (χ3n) is 6.69. The van der Waals surface area contributed by atoms with Crippen molar-refractivity contribution in [2.75, 3.05) is 46.1 Å². The van der Waals surface area contributed by atoms with Crippen molar-refractivity contribution in [1.29, 1.82) is 0 Å². The van der Waals surface area contributed by atoms with Crippen LogP contribution in [0.3, 0.4) is 0 Å². The second-order valence-corrected chi connectivity index (χ2v) is 8.56. The normalized spacial score (nSPS) is 40.7. The van der Waals surface area contributed by atoms with Crippen molar-refractivity contribution in [1.82, 2.24) is 20.0 Å². The smallest absolute Gasteiger partial charge is 0.0995 e. The molecule has 23 heavy (non-hydrogen) atoms. The van der Waals surface area contributed by atoms with E-state index >= 15 is 0 Å². The van der Waals surface area contributed by atoms with E-state index in [1.54, 1.807) is 0 Å². The molecule has 5 unspecified atom stereocenters. The van der Waals surface area contributed by atoms with Gasteiger partial charge in [-0.15, -0.1) is 0 Å². The molecule has 0 aromatic carbocycles. The van der Waals surface area contributed by atoms with E-state index in [-0.39, 0.29) is 0 Å². The predicted octanol–water partition coefficient (Wildman–Crippen LogP) is 0.810. The first-order valence-electron chi connectivity index (χ1n) is 9.66. The Kier molecular flexibility index (Phi) is 4.67. The minimum atomic E-state index is 0.640. The molecule has 4 saturated heterocycles. The van der Waals surface area contributed by atoms with E-state index < -0.39 is 0 Å². The van der Waals surface area contributed by atoms with Crippen LogP contribution in [0.5, 0.6) is 0 Å². The fraction of sp³-hybridized carbons (Fsp3) is 1.00. The van der Waals surface area contributed by atoms with E-state index in [0.29, 0.717) is 18.1 Å². The number of ether oxygens (including phenoxy) is 1. The molecule has 4 aliphatic rings. The van der Waals surface area contributed by atoms with Crippen LogP contribution in [0.4, 0.5) is 0 Å². The highest BCUT2D eigenvalue weighted by Crippen LogP contribution is 2.31. The summed E-state index contributed by atoms with van der Waals surface area (Å²) in [6.07, 6.45) is 2.69. The van der Waals surface area contributed by atoms with Crippen LogP contribution in [0.2, 0.25) is 0 Å². The minimum Gasteiger partial charge on any atom is -0.364 e. The molecule has 4 aliphatic heterocycles. The molecule has 0 radical (unpaired) electrons. The van der Waals surface area contributed by atoms with Gasteiger partial charge in [-0.05, 0) is 39.5 Å². The average molecular weight is 322 g/mol. The molecule has 4 rings (SSSR count). The van der Waals surface area contributed by atoms with Crippen LogP contribution in [0, 0.1) is 5.92 Å². The molecule has 5 atom stereocenters. The van der Waals surface area contributed by atoms with Gasteiger partial charge in [0.2, 0.25) is 0 Å². The fourth-order valence-electron chi connectivity index (χ4n) is 5.17. The zero-order valence-electron chi connectivity index (χ0n) is 15.1. The van der Waals surface area contributed by atoms with Crippen LogP contribution in [0.15, 0.2) is 0 Å². The van der Waals surface area contributed by atoms with Crippen LogP contribution in [-0.4, -0.2) is 91.0 Å². The Balaban J connectivity index is 1.25. The van der Waals surface area contributed by atoms with Crippen molar-refractivity contribution < 1.29 is 4.74 Å². The number of rotatable bonds is 4. The second-order valence-electron chi connectivity index (χ2n) is 8.56. The Bertz CT molecular complexity index is 404. The van der Waals surface area contributed by atoms with Crippen molar-refractivity contribution in [3.05, 3.63) is 0 Å². The van der Waals surface area contributed by atoms with Crippen molar-refractivity contribution in [3.63, 3.8) is 0 Å². The predicted molar refractivity (Wildman–Crippen MR) is 92.5 cm³/mol. The van der Waals surface area contributed by atoms with E-state index in [1.807, 2.05) is 0 Å². The van der Waals surface area contributed by atoms with E-state index in [0.717, 1.165) is 31.3 Å². The molecule has 4 fully saturated rings. The van der Waals surface area contributed by atoms with Gasteiger partial charge in [0.25, 0.3) is 0 Å². The number of hydrogen-bond acceptors (Lipinski definition) is 5. The zero-order chi connectivity index (χ0) is 16.0. The van der Waals surface area contributed by atoms with Crippen molar-refractivity contribution >= 4 is 0 Å². The van der Waals surface area contributed by atoms with Gasteiger partial charge in [0.05, 0.1) is 13.3 Å². The van der Waals surface area contributed by atoms with Crippen LogP contribution >= 0.6 is 0 Å². The van der Waals surface area contributed by atoms with E-state index in [9.17, 15) is 0 Å². The number of hydrogen-bond donors (Lipinski definition) is 1. The summed E-state index contributed by atoms with van der Waals surface area (Å²) in [5, 5.41) is 3.95. The third-order valence-corrected chi connectivity index (χ3v) is 6.69. The summed E-state index contributed by atoms with van der Waals surface area (Å²) in [5.41, 5.74) is 0. The summed E-state index contributed by atoms with van der Waals surface area (Å²) in [6, 6.07) is 3.50. The summed E-state index contributed by atoms with van der Waals surface area (Å²) < 4.78 is 5.61. The average Bonchev–Trinajstić information content (AvgIpc) is 3.19. The van der Waals surface area contributed by atoms with Crippen LogP contribution in [0.1, 0.15) is 33.6 Å². The number of nitrogens with zero attached hydrogens (tertiary/aromatic N) is 3. The van der Waals surface area contributed by atoms with Gasteiger partial charge in [-0.1, -0.05) is 0 Å². The maximum atomic E-state index is 5.61. The first kappa shape index (κ1) is 16.3. The van der Waals surface area contributed by atoms with Gasteiger partial charge >= 0.3 is 0 Å². The lowest BCUT2D eigenvalue weighted by Gasteiger charge is -2.40. The molecule has 0 aliphatic carbocycles. The highest BCUT2D eigenvalue weighted by atomic mass is 16.5. The Morgan fingerprint density at radius 1 is 1.09 bits per heavy atom. The van der Waals surface area contributed by atoms with Crippen molar-refractivity contribution in [3.8, 4) is 0 Å². The molecule has 0 saturated carbocycles. The molecule has 132 valence electrons. The maximum absolute atomic E-state index is 5.61. The summed E-state index contributed by atoms with van der Waals surface area (Å²) in [5.74, 6) is 0.884. The van der Waals surface area contributed by atoms with Gasteiger partial charge in [-0.25, -0.2) is 0 Å². The molecular weight excluding hydrogens is 288 g/mol. The van der Waals surface area contributed by atoms with Gasteiger partial charge in [0, 0.05) is 62.9 Å². The van der Waals surface area contributed by atoms with Crippen LogP contribution in [0.25, 0.3) is 0 Å². The van der Waals surface area contributed by atoms with Crippen molar-refractivity contribution in [2.24, 2.45) is 5.92 Å². The van der Waals surface area contributed by atoms with Gasteiger partial charge in [0.1, 0.15) is 0 Å². The molecule has 1 N–H and O–H groups in total. The van der Waals surface area contributed by atoms with Gasteiger partial charge in [0.15, 0.2) is 0 Å². The summed E-state index contributed by atoms with van der Waals surface area (Å²) in [7, 11) is 0. The highest BCUT2D eigenvalue weighted by molar-refractivity contribution is 5.00. The summed E-state index contributed by atoms with van der Waals surface area (Å²) in [4.78, 5) is 7.84. The lowest BCUT2D eigenvalue weighted by atomic mass is 9.98. The van der Waals surface area contributed by atoms with Gasteiger partial charge < -0.3 is 10.1 Å². The number of likely N-dealkylation sites (tertiary alicyclic amines) is 1. The molecule has 4 heterocycles. The van der Waals surface area contributed by atoms with E-state index in [1.165, 1.54) is 45.6 Å². The quantitative estimate of drug-likeness (QED) is 0.828. The molecule has 0 aromatic heterocycles. The molecule has 0 amide bonds.